The van der Waals surface area contributed by atoms with E-state index in [2.05, 4.69) is 0 Å². The second-order valence-electron chi connectivity index (χ2n) is 6.52. The van der Waals surface area contributed by atoms with E-state index in [0.29, 0.717) is 37.6 Å². The van der Waals surface area contributed by atoms with E-state index < -0.39 is 10.7 Å². The SMILES string of the molecule is O=C(c1ccc(-c2ccc([N+](=O)[O-])cc2Cl)o1)N1CCCC2(C1)OCCO2. The molecule has 0 unspecified atom stereocenters. The highest BCUT2D eigenvalue weighted by molar-refractivity contribution is 6.33. The number of carbonyl (C=O) groups excluding carboxylic acids is 1. The number of nitro benzene ring substituents is 1. The zero-order valence-corrected chi connectivity index (χ0v) is 15.1. The van der Waals surface area contributed by atoms with Gasteiger partial charge in [-0.2, -0.15) is 0 Å². The lowest BCUT2D eigenvalue weighted by molar-refractivity contribution is -0.384. The molecule has 0 aliphatic carbocycles. The van der Waals surface area contributed by atoms with Crippen molar-refractivity contribution in [1.82, 2.24) is 4.90 Å². The van der Waals surface area contributed by atoms with Gasteiger partial charge in [-0.15, -0.1) is 0 Å². The first-order valence-corrected chi connectivity index (χ1v) is 8.97. The van der Waals surface area contributed by atoms with E-state index in [9.17, 15) is 14.9 Å². The number of rotatable bonds is 3. The fourth-order valence-corrected chi connectivity index (χ4v) is 3.73. The first kappa shape index (κ1) is 18.0. The van der Waals surface area contributed by atoms with Crippen LogP contribution in [0.2, 0.25) is 5.02 Å². The van der Waals surface area contributed by atoms with E-state index in [1.165, 1.54) is 18.2 Å². The number of non-ortho nitro benzene ring substituents is 1. The summed E-state index contributed by atoms with van der Waals surface area (Å²) in [5.41, 5.74) is 0.376. The van der Waals surface area contributed by atoms with Gasteiger partial charge in [0.15, 0.2) is 11.5 Å². The van der Waals surface area contributed by atoms with Crippen molar-refractivity contribution >= 4 is 23.2 Å². The summed E-state index contributed by atoms with van der Waals surface area (Å²) in [5.74, 6) is -0.407. The third-order valence-electron chi connectivity index (χ3n) is 4.76. The standard InChI is InChI=1S/C18H17ClN2O6/c19-14-10-12(21(23)24)2-3-13(14)15-4-5-16(27-15)17(22)20-7-1-6-18(11-20)25-8-9-26-18/h2-5,10H,1,6-9,11H2. The minimum Gasteiger partial charge on any atom is -0.451 e. The third kappa shape index (κ3) is 3.43. The second kappa shape index (κ2) is 6.95. The van der Waals surface area contributed by atoms with Crippen LogP contribution in [0.5, 0.6) is 0 Å². The molecule has 2 aliphatic rings. The summed E-state index contributed by atoms with van der Waals surface area (Å²) in [5, 5.41) is 11.0. The van der Waals surface area contributed by atoms with Crippen LogP contribution in [0.15, 0.2) is 34.7 Å². The van der Waals surface area contributed by atoms with E-state index in [1.807, 2.05) is 0 Å². The van der Waals surface area contributed by atoms with Gasteiger partial charge in [0.1, 0.15) is 5.76 Å². The average Bonchev–Trinajstić information content (AvgIpc) is 3.31. The van der Waals surface area contributed by atoms with Crippen LogP contribution in [0, 0.1) is 10.1 Å². The predicted molar refractivity (Wildman–Crippen MR) is 95.6 cm³/mol. The van der Waals surface area contributed by atoms with Crippen molar-refractivity contribution in [3.8, 4) is 11.3 Å². The molecule has 1 aromatic carbocycles. The van der Waals surface area contributed by atoms with Crippen LogP contribution >= 0.6 is 11.6 Å². The molecule has 27 heavy (non-hydrogen) atoms. The molecule has 0 atom stereocenters. The number of furan rings is 1. The molecule has 8 nitrogen and oxygen atoms in total. The Bertz CT molecular complexity index is 890. The molecular weight excluding hydrogens is 376 g/mol. The normalized spacial score (nSPS) is 18.8. The van der Waals surface area contributed by atoms with Gasteiger partial charge in [-0.1, -0.05) is 11.6 Å². The van der Waals surface area contributed by atoms with Crippen LogP contribution in [0.4, 0.5) is 5.69 Å². The number of piperidine rings is 1. The lowest BCUT2D eigenvalue weighted by Crippen LogP contribution is -2.50. The van der Waals surface area contributed by atoms with Crippen molar-refractivity contribution in [2.75, 3.05) is 26.3 Å². The zero-order valence-electron chi connectivity index (χ0n) is 14.4. The summed E-state index contributed by atoms with van der Waals surface area (Å²) in [6, 6.07) is 7.30. The minimum atomic E-state index is -0.703. The van der Waals surface area contributed by atoms with Gasteiger partial charge in [-0.25, -0.2) is 0 Å². The Morgan fingerprint density at radius 1 is 1.22 bits per heavy atom. The Morgan fingerprint density at radius 3 is 2.70 bits per heavy atom. The molecule has 0 saturated carbocycles. The first-order valence-electron chi connectivity index (χ1n) is 8.59. The topological polar surface area (TPSA) is 95.0 Å². The Hall–Kier alpha value is -2.42. The molecule has 1 aromatic heterocycles. The van der Waals surface area contributed by atoms with Gasteiger partial charge in [0.2, 0.25) is 0 Å². The van der Waals surface area contributed by atoms with Gasteiger partial charge in [0.05, 0.1) is 29.7 Å². The van der Waals surface area contributed by atoms with Gasteiger partial charge in [0.25, 0.3) is 11.6 Å². The zero-order chi connectivity index (χ0) is 19.0. The molecule has 3 heterocycles. The van der Waals surface area contributed by atoms with E-state index in [-0.39, 0.29) is 22.4 Å². The Labute approximate surface area is 159 Å². The number of amides is 1. The minimum absolute atomic E-state index is 0.109. The van der Waals surface area contributed by atoms with Crippen LogP contribution in [-0.2, 0) is 9.47 Å². The Morgan fingerprint density at radius 2 is 2.00 bits per heavy atom. The number of ether oxygens (including phenoxy) is 2. The molecule has 1 spiro atoms. The van der Waals surface area contributed by atoms with Crippen molar-refractivity contribution in [3.05, 3.63) is 51.2 Å². The number of hydrogen-bond acceptors (Lipinski definition) is 6. The molecule has 0 N–H and O–H groups in total. The maximum absolute atomic E-state index is 12.8. The van der Waals surface area contributed by atoms with Crippen LogP contribution in [0.3, 0.4) is 0 Å². The van der Waals surface area contributed by atoms with Crippen LogP contribution < -0.4 is 0 Å². The average molecular weight is 393 g/mol. The van der Waals surface area contributed by atoms with Gasteiger partial charge in [0, 0.05) is 30.7 Å². The summed E-state index contributed by atoms with van der Waals surface area (Å²) in [6.07, 6.45) is 1.55. The molecule has 0 bridgehead atoms. The van der Waals surface area contributed by atoms with Crippen molar-refractivity contribution in [3.63, 3.8) is 0 Å². The summed E-state index contributed by atoms with van der Waals surface area (Å²) in [6.45, 7) is 2.03. The molecule has 1 amide bonds. The first-order chi connectivity index (χ1) is 13.0. The molecule has 2 fully saturated rings. The van der Waals surface area contributed by atoms with E-state index in [0.717, 1.165) is 12.8 Å². The summed E-state index contributed by atoms with van der Waals surface area (Å²) < 4.78 is 17.1. The lowest BCUT2D eigenvalue weighted by Gasteiger charge is -2.38. The maximum atomic E-state index is 12.8. The smallest absolute Gasteiger partial charge is 0.289 e. The molecule has 2 aromatic rings. The van der Waals surface area contributed by atoms with Crippen molar-refractivity contribution in [2.24, 2.45) is 0 Å². The van der Waals surface area contributed by atoms with Crippen LogP contribution in [0.1, 0.15) is 23.4 Å². The fourth-order valence-electron chi connectivity index (χ4n) is 3.46. The number of benzene rings is 1. The summed E-state index contributed by atoms with van der Waals surface area (Å²) >= 11 is 6.13. The molecule has 2 aliphatic heterocycles. The van der Waals surface area contributed by atoms with Crippen molar-refractivity contribution < 1.29 is 23.6 Å². The molecule has 0 radical (unpaired) electrons. The van der Waals surface area contributed by atoms with Crippen LogP contribution in [0.25, 0.3) is 11.3 Å². The summed E-state index contributed by atoms with van der Waals surface area (Å²) in [7, 11) is 0. The highest BCUT2D eigenvalue weighted by Crippen LogP contribution is 2.34. The number of nitro groups is 1. The number of nitrogens with zero attached hydrogens (tertiary/aromatic N) is 2. The van der Waals surface area contributed by atoms with E-state index in [4.69, 9.17) is 25.5 Å². The molecule has 2 saturated heterocycles. The van der Waals surface area contributed by atoms with Gasteiger partial charge in [-0.3, -0.25) is 14.9 Å². The monoisotopic (exact) mass is 392 g/mol. The van der Waals surface area contributed by atoms with Crippen LogP contribution in [-0.4, -0.2) is 47.8 Å². The van der Waals surface area contributed by atoms with Gasteiger partial charge < -0.3 is 18.8 Å². The maximum Gasteiger partial charge on any atom is 0.289 e. The Balaban J connectivity index is 1.54. The number of hydrogen-bond donors (Lipinski definition) is 0. The number of halogens is 1. The fraction of sp³-hybridized carbons (Fsp3) is 0.389. The lowest BCUT2D eigenvalue weighted by atomic mass is 10.0. The molecule has 4 rings (SSSR count). The largest absolute Gasteiger partial charge is 0.451 e. The molecule has 9 heteroatoms. The predicted octanol–water partition coefficient (Wildman–Crippen LogP) is 3.49. The van der Waals surface area contributed by atoms with Gasteiger partial charge in [-0.05, 0) is 24.6 Å². The second-order valence-corrected chi connectivity index (χ2v) is 6.93. The van der Waals surface area contributed by atoms with E-state index >= 15 is 0 Å². The Kier molecular flexibility index (Phi) is 4.63. The van der Waals surface area contributed by atoms with Crippen molar-refractivity contribution in [2.45, 2.75) is 18.6 Å². The highest BCUT2D eigenvalue weighted by Gasteiger charge is 2.42. The molecular formula is C18H17ClN2O6. The van der Waals surface area contributed by atoms with Gasteiger partial charge >= 0.3 is 0 Å². The van der Waals surface area contributed by atoms with E-state index in [1.54, 1.807) is 17.0 Å². The third-order valence-corrected chi connectivity index (χ3v) is 5.08. The number of likely N-dealkylation sites (tertiary alicyclic amines) is 1. The van der Waals surface area contributed by atoms with Crippen molar-refractivity contribution in [1.29, 1.82) is 0 Å². The molecule has 142 valence electrons. The highest BCUT2D eigenvalue weighted by atomic mass is 35.5. The summed E-state index contributed by atoms with van der Waals surface area (Å²) in [4.78, 5) is 24.8. The quantitative estimate of drug-likeness (QED) is 0.586. The number of carbonyl (C=O) groups is 1.